The average molecular weight is 244 g/mol. The van der Waals surface area contributed by atoms with Crippen LogP contribution in [0.25, 0.3) is 0 Å². The largest absolute Gasteiger partial charge is 0.489 e. The molecule has 90 valence electrons. The first-order chi connectivity index (χ1) is 7.53. The molecule has 0 amide bonds. The van der Waals surface area contributed by atoms with E-state index in [1.54, 1.807) is 12.4 Å². The zero-order valence-corrected chi connectivity index (χ0v) is 10.8. The minimum absolute atomic E-state index is 0.131. The fourth-order valence-corrected chi connectivity index (χ4v) is 1.37. The molecule has 3 nitrogen and oxygen atoms in total. The Morgan fingerprint density at radius 2 is 2.06 bits per heavy atom. The smallest absolute Gasteiger partial charge is 0.142 e. The van der Waals surface area contributed by atoms with Gasteiger partial charge in [-0.3, -0.25) is 4.98 Å². The Morgan fingerprint density at radius 1 is 1.31 bits per heavy atom. The Morgan fingerprint density at radius 3 is 2.69 bits per heavy atom. The van der Waals surface area contributed by atoms with Crippen LogP contribution in [0.3, 0.4) is 0 Å². The van der Waals surface area contributed by atoms with E-state index in [4.69, 9.17) is 21.1 Å². The molecular weight excluding hydrogens is 226 g/mol. The van der Waals surface area contributed by atoms with Gasteiger partial charge in [-0.15, -0.1) is 11.6 Å². The third-order valence-electron chi connectivity index (χ3n) is 1.89. The van der Waals surface area contributed by atoms with Gasteiger partial charge in [-0.2, -0.15) is 0 Å². The van der Waals surface area contributed by atoms with Crippen molar-refractivity contribution < 1.29 is 9.47 Å². The first-order valence-electron chi connectivity index (χ1n) is 5.28. The number of nitrogens with zero attached hydrogens (tertiary/aromatic N) is 1. The van der Waals surface area contributed by atoms with Crippen LogP contribution in [0.2, 0.25) is 0 Å². The minimum atomic E-state index is -0.131. The van der Waals surface area contributed by atoms with Gasteiger partial charge in [0, 0.05) is 11.8 Å². The van der Waals surface area contributed by atoms with Crippen LogP contribution in [-0.2, 0) is 10.6 Å². The molecule has 0 spiro atoms. The van der Waals surface area contributed by atoms with Gasteiger partial charge in [0.2, 0.25) is 0 Å². The summed E-state index contributed by atoms with van der Waals surface area (Å²) in [6, 6.07) is 1.85. The second-order valence-corrected chi connectivity index (χ2v) is 4.69. The molecule has 1 aromatic rings. The summed E-state index contributed by atoms with van der Waals surface area (Å²) < 4.78 is 11.1. The predicted octanol–water partition coefficient (Wildman–Crippen LogP) is 3.01. The summed E-state index contributed by atoms with van der Waals surface area (Å²) in [6.07, 6.45) is 3.38. The van der Waals surface area contributed by atoms with Crippen LogP contribution in [0.1, 0.15) is 26.3 Å². The summed E-state index contributed by atoms with van der Waals surface area (Å²) >= 11 is 5.78. The zero-order chi connectivity index (χ0) is 12.0. The van der Waals surface area contributed by atoms with E-state index in [9.17, 15) is 0 Å². The van der Waals surface area contributed by atoms with Crippen molar-refractivity contribution in [2.45, 2.75) is 32.3 Å². The lowest BCUT2D eigenvalue weighted by molar-refractivity contribution is -0.0164. The van der Waals surface area contributed by atoms with Crippen LogP contribution in [-0.4, -0.2) is 23.8 Å². The molecule has 0 bridgehead atoms. The van der Waals surface area contributed by atoms with E-state index in [0.29, 0.717) is 19.1 Å². The standard InChI is InChI=1S/C12H18ClNO2/c1-12(2,3)16-7-6-15-11-9-14-5-4-10(11)8-13/h4-5,9H,6-8H2,1-3H3. The molecule has 1 rings (SSSR count). The number of rotatable bonds is 5. The van der Waals surface area contributed by atoms with Gasteiger partial charge >= 0.3 is 0 Å². The molecule has 0 saturated carbocycles. The fourth-order valence-electron chi connectivity index (χ4n) is 1.15. The minimum Gasteiger partial charge on any atom is -0.489 e. The highest BCUT2D eigenvalue weighted by molar-refractivity contribution is 6.17. The molecule has 0 aliphatic rings. The van der Waals surface area contributed by atoms with Crippen molar-refractivity contribution in [2.24, 2.45) is 0 Å². The molecule has 0 aromatic carbocycles. The van der Waals surface area contributed by atoms with Crippen LogP contribution < -0.4 is 4.74 Å². The summed E-state index contributed by atoms with van der Waals surface area (Å²) in [5, 5.41) is 0. The van der Waals surface area contributed by atoms with E-state index in [1.807, 2.05) is 26.8 Å². The van der Waals surface area contributed by atoms with Gasteiger partial charge in [0.25, 0.3) is 0 Å². The Kier molecular flexibility index (Phi) is 5.03. The van der Waals surface area contributed by atoms with Crippen molar-refractivity contribution in [3.8, 4) is 5.75 Å². The average Bonchev–Trinajstić information content (AvgIpc) is 2.23. The van der Waals surface area contributed by atoms with Gasteiger partial charge in [0.15, 0.2) is 0 Å². The van der Waals surface area contributed by atoms with Crippen LogP contribution in [0.15, 0.2) is 18.5 Å². The molecule has 0 aliphatic carbocycles. The molecule has 16 heavy (non-hydrogen) atoms. The quantitative estimate of drug-likeness (QED) is 0.589. The highest BCUT2D eigenvalue weighted by atomic mass is 35.5. The summed E-state index contributed by atoms with van der Waals surface area (Å²) in [6.45, 7) is 7.11. The van der Waals surface area contributed by atoms with Crippen LogP contribution >= 0.6 is 11.6 Å². The van der Waals surface area contributed by atoms with Crippen molar-refractivity contribution in [3.63, 3.8) is 0 Å². The molecule has 4 heteroatoms. The van der Waals surface area contributed by atoms with Crippen molar-refractivity contribution in [3.05, 3.63) is 24.0 Å². The third kappa shape index (κ3) is 4.81. The van der Waals surface area contributed by atoms with Gasteiger partial charge in [-0.25, -0.2) is 0 Å². The lowest BCUT2D eigenvalue weighted by Gasteiger charge is -2.19. The van der Waals surface area contributed by atoms with E-state index in [0.717, 1.165) is 11.3 Å². The number of pyridine rings is 1. The number of halogens is 1. The van der Waals surface area contributed by atoms with Crippen LogP contribution in [0.5, 0.6) is 5.75 Å². The zero-order valence-electron chi connectivity index (χ0n) is 10.00. The van der Waals surface area contributed by atoms with E-state index >= 15 is 0 Å². The number of hydrogen-bond acceptors (Lipinski definition) is 3. The molecule has 0 aliphatic heterocycles. The Labute approximate surface area is 102 Å². The van der Waals surface area contributed by atoms with Gasteiger partial charge in [-0.1, -0.05) is 0 Å². The maximum Gasteiger partial charge on any atom is 0.142 e. The lowest BCUT2D eigenvalue weighted by Crippen LogP contribution is -2.22. The van der Waals surface area contributed by atoms with E-state index in [2.05, 4.69) is 4.98 Å². The third-order valence-corrected chi connectivity index (χ3v) is 2.18. The fraction of sp³-hybridized carbons (Fsp3) is 0.583. The van der Waals surface area contributed by atoms with Crippen molar-refractivity contribution >= 4 is 11.6 Å². The molecule has 0 N–H and O–H groups in total. The summed E-state index contributed by atoms with van der Waals surface area (Å²) in [5.74, 6) is 1.16. The van der Waals surface area contributed by atoms with Gasteiger partial charge < -0.3 is 9.47 Å². The Hall–Kier alpha value is -0.800. The normalized spacial score (nSPS) is 11.5. The number of hydrogen-bond donors (Lipinski definition) is 0. The monoisotopic (exact) mass is 243 g/mol. The number of alkyl halides is 1. The van der Waals surface area contributed by atoms with Crippen LogP contribution in [0, 0.1) is 0 Å². The molecule has 0 unspecified atom stereocenters. The van der Waals surface area contributed by atoms with Crippen molar-refractivity contribution in [2.75, 3.05) is 13.2 Å². The van der Waals surface area contributed by atoms with Gasteiger partial charge in [0.05, 0.1) is 24.3 Å². The molecular formula is C12H18ClNO2. The highest BCUT2D eigenvalue weighted by Crippen LogP contribution is 2.18. The van der Waals surface area contributed by atoms with E-state index in [1.165, 1.54) is 0 Å². The lowest BCUT2D eigenvalue weighted by atomic mass is 10.2. The number of aromatic nitrogens is 1. The Balaban J connectivity index is 2.37. The highest BCUT2D eigenvalue weighted by Gasteiger charge is 2.09. The molecule has 1 aromatic heterocycles. The first-order valence-corrected chi connectivity index (χ1v) is 5.82. The summed E-state index contributed by atoms with van der Waals surface area (Å²) in [4.78, 5) is 4.00. The molecule has 1 heterocycles. The number of ether oxygens (including phenoxy) is 2. The van der Waals surface area contributed by atoms with Gasteiger partial charge in [0.1, 0.15) is 12.4 Å². The van der Waals surface area contributed by atoms with E-state index in [-0.39, 0.29) is 5.60 Å². The van der Waals surface area contributed by atoms with Crippen molar-refractivity contribution in [1.29, 1.82) is 0 Å². The maximum absolute atomic E-state index is 5.78. The summed E-state index contributed by atoms with van der Waals surface area (Å²) in [7, 11) is 0. The van der Waals surface area contributed by atoms with Crippen molar-refractivity contribution in [1.82, 2.24) is 4.98 Å². The molecule has 0 saturated heterocycles. The predicted molar refractivity (Wildman–Crippen MR) is 65.0 cm³/mol. The summed E-state index contributed by atoms with van der Waals surface area (Å²) in [5.41, 5.74) is 0.820. The van der Waals surface area contributed by atoms with Crippen LogP contribution in [0.4, 0.5) is 0 Å². The topological polar surface area (TPSA) is 31.4 Å². The second kappa shape index (κ2) is 6.06. The molecule has 0 atom stereocenters. The SMILES string of the molecule is CC(C)(C)OCCOc1cnccc1CCl. The maximum atomic E-state index is 5.78. The molecule has 0 fully saturated rings. The first kappa shape index (κ1) is 13.3. The second-order valence-electron chi connectivity index (χ2n) is 4.43. The Bertz CT molecular complexity index is 323. The van der Waals surface area contributed by atoms with Gasteiger partial charge in [-0.05, 0) is 26.8 Å². The van der Waals surface area contributed by atoms with E-state index < -0.39 is 0 Å². The molecule has 0 radical (unpaired) electrons.